The fraction of sp³-hybridized carbons (Fsp3) is 0.750. The number of halogens is 1. The molecule has 0 bridgehead atoms. The lowest BCUT2D eigenvalue weighted by molar-refractivity contribution is 0.570. The minimum atomic E-state index is 0.167. The molecule has 1 nitrogen and oxygen atoms in total. The van der Waals surface area contributed by atoms with Gasteiger partial charge in [-0.15, -0.1) is 22.9 Å². The minimum absolute atomic E-state index is 0.167. The topological polar surface area (TPSA) is 12.9 Å². The van der Waals surface area contributed by atoms with Gasteiger partial charge >= 0.3 is 0 Å². The monoisotopic (exact) mass is 245 g/mol. The highest BCUT2D eigenvalue weighted by atomic mass is 35.5. The van der Waals surface area contributed by atoms with Crippen molar-refractivity contribution in [3.8, 4) is 0 Å². The van der Waals surface area contributed by atoms with Crippen LogP contribution in [0.1, 0.15) is 51.2 Å². The lowest BCUT2D eigenvalue weighted by Gasteiger charge is -2.14. The fourth-order valence-corrected chi connectivity index (χ4v) is 2.40. The van der Waals surface area contributed by atoms with Crippen LogP contribution in [0.4, 0.5) is 0 Å². The third kappa shape index (κ3) is 4.12. The van der Waals surface area contributed by atoms with Gasteiger partial charge in [-0.1, -0.05) is 27.7 Å². The van der Waals surface area contributed by atoms with E-state index in [2.05, 4.69) is 38.1 Å². The van der Waals surface area contributed by atoms with E-state index in [0.29, 0.717) is 5.38 Å². The predicted octanol–water partition coefficient (Wildman–Crippen LogP) is 4.39. The standard InChI is InChI=1S/C12H20ClNS/c1-5-9(13)6-7-11-14-10(8-15-11)12(2,3)4/h8-9H,5-7H2,1-4H3. The number of thiazole rings is 1. The average Bonchev–Trinajstić information content (AvgIpc) is 2.61. The Balaban J connectivity index is 2.54. The van der Waals surface area contributed by atoms with Crippen LogP contribution in [-0.4, -0.2) is 10.4 Å². The molecule has 1 rings (SSSR count). The van der Waals surface area contributed by atoms with Crippen molar-refractivity contribution >= 4 is 22.9 Å². The van der Waals surface area contributed by atoms with Crippen LogP contribution in [-0.2, 0) is 11.8 Å². The smallest absolute Gasteiger partial charge is 0.0929 e. The van der Waals surface area contributed by atoms with Crippen molar-refractivity contribution in [2.45, 2.75) is 57.7 Å². The molecule has 0 aliphatic heterocycles. The molecule has 15 heavy (non-hydrogen) atoms. The van der Waals surface area contributed by atoms with Crippen LogP contribution in [0, 0.1) is 0 Å². The van der Waals surface area contributed by atoms with Crippen molar-refractivity contribution in [2.75, 3.05) is 0 Å². The van der Waals surface area contributed by atoms with Gasteiger partial charge in [-0.25, -0.2) is 4.98 Å². The Bertz CT molecular complexity index is 301. The van der Waals surface area contributed by atoms with Gasteiger partial charge in [-0.05, 0) is 12.8 Å². The number of aromatic nitrogens is 1. The summed E-state index contributed by atoms with van der Waals surface area (Å²) in [5.74, 6) is 0. The zero-order valence-electron chi connectivity index (χ0n) is 10.0. The molecule has 1 heterocycles. The zero-order chi connectivity index (χ0) is 11.5. The first kappa shape index (κ1) is 13.0. The Hall–Kier alpha value is -0.0800. The quantitative estimate of drug-likeness (QED) is 0.717. The normalized spacial score (nSPS) is 14.2. The number of rotatable bonds is 4. The van der Waals surface area contributed by atoms with Gasteiger partial charge in [-0.3, -0.25) is 0 Å². The molecule has 0 amide bonds. The van der Waals surface area contributed by atoms with Crippen molar-refractivity contribution in [3.05, 3.63) is 16.1 Å². The van der Waals surface area contributed by atoms with E-state index in [1.165, 1.54) is 10.7 Å². The van der Waals surface area contributed by atoms with E-state index in [0.717, 1.165) is 19.3 Å². The molecular formula is C12H20ClNS. The molecule has 0 aliphatic rings. The molecule has 0 aromatic carbocycles. The predicted molar refractivity (Wildman–Crippen MR) is 69.1 cm³/mol. The van der Waals surface area contributed by atoms with Crippen molar-refractivity contribution in [2.24, 2.45) is 0 Å². The van der Waals surface area contributed by atoms with Gasteiger partial charge in [0.1, 0.15) is 0 Å². The molecule has 1 unspecified atom stereocenters. The summed E-state index contributed by atoms with van der Waals surface area (Å²) in [6.45, 7) is 8.72. The maximum Gasteiger partial charge on any atom is 0.0929 e. The lowest BCUT2D eigenvalue weighted by Crippen LogP contribution is -2.11. The molecule has 86 valence electrons. The SMILES string of the molecule is CCC(Cl)CCc1nc(C(C)(C)C)cs1. The molecule has 0 saturated heterocycles. The van der Waals surface area contributed by atoms with Gasteiger partial charge in [0.05, 0.1) is 10.7 Å². The number of hydrogen-bond acceptors (Lipinski definition) is 2. The second-order valence-electron chi connectivity index (χ2n) is 4.92. The molecule has 0 spiro atoms. The largest absolute Gasteiger partial charge is 0.246 e. The van der Waals surface area contributed by atoms with Crippen molar-refractivity contribution in [1.82, 2.24) is 4.98 Å². The van der Waals surface area contributed by atoms with Gasteiger partial charge in [0.25, 0.3) is 0 Å². The van der Waals surface area contributed by atoms with Gasteiger partial charge < -0.3 is 0 Å². The van der Waals surface area contributed by atoms with Gasteiger partial charge in [0.15, 0.2) is 0 Å². The van der Waals surface area contributed by atoms with Gasteiger partial charge in [0.2, 0.25) is 0 Å². The molecule has 0 saturated carbocycles. The Kier molecular flexibility index (Phi) is 4.60. The summed E-state index contributed by atoms with van der Waals surface area (Å²) in [5, 5.41) is 3.69. The van der Waals surface area contributed by atoms with Gasteiger partial charge in [-0.2, -0.15) is 0 Å². The summed E-state index contributed by atoms with van der Waals surface area (Å²) in [6.07, 6.45) is 3.09. The van der Waals surface area contributed by atoms with Crippen LogP contribution in [0.5, 0.6) is 0 Å². The average molecular weight is 246 g/mol. The summed E-state index contributed by atoms with van der Waals surface area (Å²) < 4.78 is 0. The molecule has 0 N–H and O–H groups in total. The van der Waals surface area contributed by atoms with E-state index in [-0.39, 0.29) is 5.41 Å². The molecular weight excluding hydrogens is 226 g/mol. The second kappa shape index (κ2) is 5.31. The number of alkyl halides is 1. The van der Waals surface area contributed by atoms with Crippen LogP contribution in [0.3, 0.4) is 0 Å². The van der Waals surface area contributed by atoms with E-state index < -0.39 is 0 Å². The van der Waals surface area contributed by atoms with E-state index in [9.17, 15) is 0 Å². The molecule has 1 atom stereocenters. The maximum atomic E-state index is 6.09. The Morgan fingerprint density at radius 3 is 2.60 bits per heavy atom. The highest BCUT2D eigenvalue weighted by molar-refractivity contribution is 7.09. The zero-order valence-corrected chi connectivity index (χ0v) is 11.6. The van der Waals surface area contributed by atoms with Crippen LogP contribution in [0.25, 0.3) is 0 Å². The third-order valence-electron chi connectivity index (χ3n) is 2.43. The Morgan fingerprint density at radius 2 is 2.13 bits per heavy atom. The molecule has 0 radical (unpaired) electrons. The van der Waals surface area contributed by atoms with Crippen molar-refractivity contribution in [1.29, 1.82) is 0 Å². The van der Waals surface area contributed by atoms with E-state index >= 15 is 0 Å². The minimum Gasteiger partial charge on any atom is -0.246 e. The highest BCUT2D eigenvalue weighted by Gasteiger charge is 2.17. The number of nitrogens with zero attached hydrogens (tertiary/aromatic N) is 1. The third-order valence-corrected chi connectivity index (χ3v) is 3.87. The number of hydrogen-bond donors (Lipinski definition) is 0. The molecule has 1 aromatic rings. The van der Waals surface area contributed by atoms with Gasteiger partial charge in [0, 0.05) is 22.6 Å². The molecule has 0 fully saturated rings. The van der Waals surface area contributed by atoms with Crippen molar-refractivity contribution in [3.63, 3.8) is 0 Å². The molecule has 0 aliphatic carbocycles. The summed E-state index contributed by atoms with van der Waals surface area (Å²) in [5.41, 5.74) is 1.37. The summed E-state index contributed by atoms with van der Waals surface area (Å²) in [7, 11) is 0. The fourth-order valence-electron chi connectivity index (χ4n) is 1.25. The van der Waals surface area contributed by atoms with E-state index in [1.54, 1.807) is 11.3 Å². The van der Waals surface area contributed by atoms with Crippen LogP contribution in [0.2, 0.25) is 0 Å². The summed E-state index contributed by atoms with van der Waals surface area (Å²) in [4.78, 5) is 4.65. The van der Waals surface area contributed by atoms with E-state index in [1.807, 2.05) is 0 Å². The first-order chi connectivity index (χ1) is 6.93. The summed E-state index contributed by atoms with van der Waals surface area (Å²) >= 11 is 7.85. The maximum absolute atomic E-state index is 6.09. The Morgan fingerprint density at radius 1 is 1.47 bits per heavy atom. The summed E-state index contributed by atoms with van der Waals surface area (Å²) in [6, 6.07) is 0. The lowest BCUT2D eigenvalue weighted by atomic mass is 9.93. The second-order valence-corrected chi connectivity index (χ2v) is 6.48. The first-order valence-corrected chi connectivity index (χ1v) is 6.84. The van der Waals surface area contributed by atoms with E-state index in [4.69, 9.17) is 11.6 Å². The van der Waals surface area contributed by atoms with Crippen LogP contribution < -0.4 is 0 Å². The first-order valence-electron chi connectivity index (χ1n) is 5.52. The molecule has 3 heteroatoms. The van der Waals surface area contributed by atoms with Crippen LogP contribution in [0.15, 0.2) is 5.38 Å². The highest BCUT2D eigenvalue weighted by Crippen LogP contribution is 2.25. The van der Waals surface area contributed by atoms with Crippen LogP contribution >= 0.6 is 22.9 Å². The molecule has 1 aromatic heterocycles. The Labute approximate surface area is 102 Å². The number of aryl methyl sites for hydroxylation is 1. The van der Waals surface area contributed by atoms with Crippen molar-refractivity contribution < 1.29 is 0 Å².